The Balaban J connectivity index is 2.02. The molecule has 0 bridgehead atoms. The molecule has 2 heteroatoms. The molecule has 88 valence electrons. The fourth-order valence-corrected chi connectivity index (χ4v) is 2.55. The number of aryl methyl sites for hydroxylation is 1. The number of benzene rings is 1. The summed E-state index contributed by atoms with van der Waals surface area (Å²) in [5.74, 6) is 0.882. The second-order valence-corrected chi connectivity index (χ2v) is 5.07. The van der Waals surface area contributed by atoms with Crippen LogP contribution in [0.3, 0.4) is 0 Å². The molecule has 2 N–H and O–H groups in total. The summed E-state index contributed by atoms with van der Waals surface area (Å²) < 4.78 is 0. The van der Waals surface area contributed by atoms with Crippen LogP contribution in [0.25, 0.3) is 0 Å². The van der Waals surface area contributed by atoms with Gasteiger partial charge in [0.15, 0.2) is 0 Å². The third-order valence-electron chi connectivity index (χ3n) is 3.71. The summed E-state index contributed by atoms with van der Waals surface area (Å²) in [6.07, 6.45) is 5.61. The summed E-state index contributed by atoms with van der Waals surface area (Å²) in [5, 5.41) is 0. The van der Waals surface area contributed by atoms with E-state index in [0.29, 0.717) is 0 Å². The zero-order valence-corrected chi connectivity index (χ0v) is 10.4. The first-order valence-corrected chi connectivity index (χ1v) is 6.24. The molecular weight excluding hydrogens is 196 g/mol. The predicted molar refractivity (Wildman–Crippen MR) is 70.8 cm³/mol. The highest BCUT2D eigenvalue weighted by Crippen LogP contribution is 2.27. The van der Waals surface area contributed by atoms with Gasteiger partial charge in [-0.1, -0.05) is 18.9 Å². The van der Waals surface area contributed by atoms with Crippen LogP contribution in [0.2, 0.25) is 0 Å². The van der Waals surface area contributed by atoms with E-state index >= 15 is 0 Å². The summed E-state index contributed by atoms with van der Waals surface area (Å²) in [5.41, 5.74) is 9.25. The molecule has 2 rings (SSSR count). The lowest BCUT2D eigenvalue weighted by molar-refractivity contribution is 0.547. The highest BCUT2D eigenvalue weighted by Gasteiger charge is 2.17. The first-order chi connectivity index (χ1) is 7.66. The zero-order chi connectivity index (χ0) is 11.5. The molecule has 0 aliphatic heterocycles. The Bertz CT molecular complexity index is 354. The summed E-state index contributed by atoms with van der Waals surface area (Å²) in [7, 11) is 2.17. The number of hydrogen-bond acceptors (Lipinski definition) is 2. The first-order valence-electron chi connectivity index (χ1n) is 6.24. The molecule has 0 unspecified atom stereocenters. The predicted octanol–water partition coefficient (Wildman–Crippen LogP) is 3.20. The average molecular weight is 218 g/mol. The van der Waals surface area contributed by atoms with Crippen molar-refractivity contribution in [2.24, 2.45) is 5.92 Å². The summed E-state index contributed by atoms with van der Waals surface area (Å²) >= 11 is 0. The molecule has 16 heavy (non-hydrogen) atoms. The van der Waals surface area contributed by atoms with Crippen LogP contribution in [-0.2, 0) is 0 Å². The van der Waals surface area contributed by atoms with Gasteiger partial charge in [-0.15, -0.1) is 0 Å². The van der Waals surface area contributed by atoms with Crippen molar-refractivity contribution >= 4 is 11.4 Å². The van der Waals surface area contributed by atoms with Crippen LogP contribution in [0.15, 0.2) is 18.2 Å². The molecule has 0 spiro atoms. The van der Waals surface area contributed by atoms with Crippen molar-refractivity contribution in [3.63, 3.8) is 0 Å². The molecule has 1 saturated carbocycles. The monoisotopic (exact) mass is 218 g/mol. The summed E-state index contributed by atoms with van der Waals surface area (Å²) in [6.45, 7) is 3.22. The Labute approximate surface area is 98.4 Å². The van der Waals surface area contributed by atoms with E-state index in [1.165, 1.54) is 37.9 Å². The van der Waals surface area contributed by atoms with Crippen LogP contribution < -0.4 is 10.6 Å². The van der Waals surface area contributed by atoms with Gasteiger partial charge in [-0.3, -0.25) is 0 Å². The lowest BCUT2D eigenvalue weighted by atomic mass is 10.1. The molecule has 0 saturated heterocycles. The van der Waals surface area contributed by atoms with Crippen LogP contribution in [0.4, 0.5) is 11.4 Å². The minimum atomic E-state index is 0.882. The van der Waals surface area contributed by atoms with E-state index in [0.717, 1.165) is 17.2 Å². The summed E-state index contributed by atoms with van der Waals surface area (Å²) in [6, 6.07) is 6.36. The molecule has 1 aliphatic rings. The number of hydrogen-bond donors (Lipinski definition) is 1. The van der Waals surface area contributed by atoms with Crippen molar-refractivity contribution in [2.45, 2.75) is 32.6 Å². The van der Waals surface area contributed by atoms with E-state index < -0.39 is 0 Å². The van der Waals surface area contributed by atoms with Gasteiger partial charge in [0.25, 0.3) is 0 Å². The fourth-order valence-electron chi connectivity index (χ4n) is 2.55. The second kappa shape index (κ2) is 4.77. The van der Waals surface area contributed by atoms with Crippen LogP contribution in [0.1, 0.15) is 31.2 Å². The highest BCUT2D eigenvalue weighted by atomic mass is 15.1. The van der Waals surface area contributed by atoms with Crippen LogP contribution in [0.5, 0.6) is 0 Å². The lowest BCUT2D eigenvalue weighted by Crippen LogP contribution is -2.24. The molecule has 0 amide bonds. The number of anilines is 2. The maximum atomic E-state index is 5.94. The number of nitrogens with zero attached hydrogens (tertiary/aromatic N) is 1. The smallest absolute Gasteiger partial charge is 0.0384 e. The largest absolute Gasteiger partial charge is 0.398 e. The van der Waals surface area contributed by atoms with E-state index in [9.17, 15) is 0 Å². The molecule has 0 atom stereocenters. The van der Waals surface area contributed by atoms with E-state index in [4.69, 9.17) is 5.73 Å². The molecule has 2 nitrogen and oxygen atoms in total. The minimum Gasteiger partial charge on any atom is -0.398 e. The van der Waals surface area contributed by atoms with Crippen molar-refractivity contribution in [3.8, 4) is 0 Å². The Morgan fingerprint density at radius 2 is 2.00 bits per heavy atom. The Hall–Kier alpha value is -1.18. The molecule has 0 radical (unpaired) electrons. The molecule has 0 aromatic heterocycles. The normalized spacial score (nSPS) is 16.6. The topological polar surface area (TPSA) is 29.3 Å². The van der Waals surface area contributed by atoms with Crippen molar-refractivity contribution in [1.82, 2.24) is 0 Å². The van der Waals surface area contributed by atoms with Gasteiger partial charge in [-0.2, -0.15) is 0 Å². The van der Waals surface area contributed by atoms with Gasteiger partial charge in [0.2, 0.25) is 0 Å². The van der Waals surface area contributed by atoms with Crippen LogP contribution in [-0.4, -0.2) is 13.6 Å². The zero-order valence-electron chi connectivity index (χ0n) is 10.4. The third kappa shape index (κ3) is 2.49. The van der Waals surface area contributed by atoms with Crippen LogP contribution >= 0.6 is 0 Å². The van der Waals surface area contributed by atoms with E-state index in [2.05, 4.69) is 37.1 Å². The molecule has 1 aromatic carbocycles. The SMILES string of the molecule is Cc1ccc(N(C)CC2CCCC2)cc1N. The van der Waals surface area contributed by atoms with Gasteiger partial charge in [0.05, 0.1) is 0 Å². The van der Waals surface area contributed by atoms with Crippen molar-refractivity contribution < 1.29 is 0 Å². The molecule has 1 aliphatic carbocycles. The first kappa shape index (κ1) is 11.3. The van der Waals surface area contributed by atoms with E-state index in [1.54, 1.807) is 0 Å². The second-order valence-electron chi connectivity index (χ2n) is 5.07. The number of nitrogens with two attached hydrogens (primary N) is 1. The lowest BCUT2D eigenvalue weighted by Gasteiger charge is -2.23. The van der Waals surface area contributed by atoms with Gasteiger partial charge in [-0.25, -0.2) is 0 Å². The Kier molecular flexibility index (Phi) is 3.37. The quantitative estimate of drug-likeness (QED) is 0.789. The maximum Gasteiger partial charge on any atom is 0.0384 e. The van der Waals surface area contributed by atoms with Crippen molar-refractivity contribution in [3.05, 3.63) is 23.8 Å². The number of nitrogen functional groups attached to an aromatic ring is 1. The standard InChI is InChI=1S/C14H22N2/c1-11-7-8-13(9-14(11)15)16(2)10-12-5-3-4-6-12/h7-9,12H,3-6,10,15H2,1-2H3. The van der Waals surface area contributed by atoms with E-state index in [-0.39, 0.29) is 0 Å². The third-order valence-corrected chi connectivity index (χ3v) is 3.71. The van der Waals surface area contributed by atoms with Gasteiger partial charge in [0, 0.05) is 25.0 Å². The van der Waals surface area contributed by atoms with Gasteiger partial charge < -0.3 is 10.6 Å². The van der Waals surface area contributed by atoms with Gasteiger partial charge >= 0.3 is 0 Å². The Morgan fingerprint density at radius 1 is 1.31 bits per heavy atom. The fraction of sp³-hybridized carbons (Fsp3) is 0.571. The van der Waals surface area contributed by atoms with Crippen molar-refractivity contribution in [1.29, 1.82) is 0 Å². The number of rotatable bonds is 3. The van der Waals surface area contributed by atoms with Gasteiger partial charge in [0.1, 0.15) is 0 Å². The Morgan fingerprint density at radius 3 is 2.62 bits per heavy atom. The van der Waals surface area contributed by atoms with Crippen LogP contribution in [0, 0.1) is 12.8 Å². The molecule has 1 fully saturated rings. The summed E-state index contributed by atoms with van der Waals surface area (Å²) in [4.78, 5) is 2.34. The molecular formula is C14H22N2. The van der Waals surface area contributed by atoms with Crippen molar-refractivity contribution in [2.75, 3.05) is 24.2 Å². The minimum absolute atomic E-state index is 0.882. The van der Waals surface area contributed by atoms with E-state index in [1.807, 2.05) is 0 Å². The molecule has 0 heterocycles. The highest BCUT2D eigenvalue weighted by molar-refractivity contribution is 5.59. The molecule has 1 aromatic rings. The average Bonchev–Trinajstić information content (AvgIpc) is 2.74. The maximum absolute atomic E-state index is 5.94. The van der Waals surface area contributed by atoms with Gasteiger partial charge in [-0.05, 0) is 43.4 Å².